The minimum atomic E-state index is -4.70. The monoisotopic (exact) mass is 579 g/mol. The number of hydrogen-bond donors (Lipinski definition) is 2. The van der Waals surface area contributed by atoms with Gasteiger partial charge in [0.2, 0.25) is 21.8 Å². The van der Waals surface area contributed by atoms with Crippen LogP contribution in [0.1, 0.15) is 68.1 Å². The van der Waals surface area contributed by atoms with Gasteiger partial charge in [0.1, 0.15) is 12.2 Å². The van der Waals surface area contributed by atoms with Gasteiger partial charge in [-0.2, -0.15) is 17.5 Å². The average molecular weight is 580 g/mol. The number of nitrogens with one attached hydrogen (secondary N) is 2. The lowest BCUT2D eigenvalue weighted by molar-refractivity contribution is -0.137. The Hall–Kier alpha value is -2.92. The second-order valence-electron chi connectivity index (χ2n) is 10.7. The molecule has 218 valence electrons. The van der Waals surface area contributed by atoms with Gasteiger partial charge in [0, 0.05) is 18.9 Å². The average Bonchev–Trinajstić information content (AvgIpc) is 2.94. The molecule has 1 heterocycles. The number of hydrogen-bond acceptors (Lipinski definition) is 4. The van der Waals surface area contributed by atoms with Gasteiger partial charge in [-0.15, -0.1) is 0 Å². The number of alkyl halides is 3. The summed E-state index contributed by atoms with van der Waals surface area (Å²) in [6.45, 7) is 1.96. The molecule has 2 aromatic rings. The molecule has 2 atom stereocenters. The van der Waals surface area contributed by atoms with E-state index in [1.165, 1.54) is 0 Å². The third-order valence-electron chi connectivity index (χ3n) is 7.69. The number of nitrogens with zero attached hydrogens (tertiary/aromatic N) is 1. The van der Waals surface area contributed by atoms with Crippen LogP contribution < -0.4 is 10.6 Å². The van der Waals surface area contributed by atoms with Crippen molar-refractivity contribution in [1.29, 1.82) is 0 Å². The van der Waals surface area contributed by atoms with Gasteiger partial charge in [0.05, 0.1) is 10.5 Å². The van der Waals surface area contributed by atoms with Crippen LogP contribution in [0, 0.1) is 12.8 Å². The van der Waals surface area contributed by atoms with E-state index >= 15 is 0 Å². The van der Waals surface area contributed by atoms with Crippen LogP contribution in [-0.2, 0) is 32.2 Å². The third-order valence-corrected chi connectivity index (χ3v) is 9.60. The molecule has 11 heteroatoms. The van der Waals surface area contributed by atoms with Crippen molar-refractivity contribution in [2.45, 2.75) is 88.0 Å². The molecule has 7 nitrogen and oxygen atoms in total. The zero-order valence-electron chi connectivity index (χ0n) is 22.5. The second kappa shape index (κ2) is 12.7. The number of amides is 2. The summed E-state index contributed by atoms with van der Waals surface area (Å²) >= 11 is 0. The second-order valence-corrected chi connectivity index (χ2v) is 12.6. The summed E-state index contributed by atoms with van der Waals surface area (Å²) in [5.41, 5.74) is 0.875. The lowest BCUT2D eigenvalue weighted by Gasteiger charge is -2.35. The van der Waals surface area contributed by atoms with Crippen LogP contribution in [0.15, 0.2) is 53.4 Å². The summed E-state index contributed by atoms with van der Waals surface area (Å²) in [5.74, 6) is -0.871. The van der Waals surface area contributed by atoms with E-state index in [9.17, 15) is 31.2 Å². The van der Waals surface area contributed by atoms with Gasteiger partial charge >= 0.3 is 6.18 Å². The Morgan fingerprint density at radius 2 is 1.57 bits per heavy atom. The number of aryl methyl sites for hydroxylation is 1. The molecule has 2 amide bonds. The number of rotatable bonds is 8. The Kier molecular flexibility index (Phi) is 9.56. The van der Waals surface area contributed by atoms with E-state index < -0.39 is 44.8 Å². The van der Waals surface area contributed by atoms with Crippen molar-refractivity contribution in [3.63, 3.8) is 0 Å². The quantitative estimate of drug-likeness (QED) is 0.433. The van der Waals surface area contributed by atoms with E-state index in [0.717, 1.165) is 65.7 Å². The number of carbonyl (C=O) groups is 2. The smallest absolute Gasteiger partial charge is 0.335 e. The minimum absolute atomic E-state index is 0.00767. The summed E-state index contributed by atoms with van der Waals surface area (Å²) in [6, 6.07) is 10.1. The normalized spacial score (nSPS) is 20.1. The third kappa shape index (κ3) is 7.42. The van der Waals surface area contributed by atoms with E-state index in [1.807, 2.05) is 31.2 Å². The zero-order valence-corrected chi connectivity index (χ0v) is 23.4. The van der Waals surface area contributed by atoms with Crippen LogP contribution in [0.25, 0.3) is 0 Å². The molecule has 0 radical (unpaired) electrons. The number of halogens is 3. The summed E-state index contributed by atoms with van der Waals surface area (Å²) in [4.78, 5) is 26.1. The number of piperidine rings is 1. The van der Waals surface area contributed by atoms with Gasteiger partial charge in [-0.05, 0) is 56.4 Å². The SMILES string of the molecule is Cc1ccc(C[C@@H](NC(=O)C2CCCCC2)NC(=O)C2CCCCN2S(=O)(=O)c2cccc(C(F)(F)F)c2)cc1. The van der Waals surface area contributed by atoms with E-state index in [0.29, 0.717) is 25.3 Å². The van der Waals surface area contributed by atoms with E-state index in [1.54, 1.807) is 0 Å². The van der Waals surface area contributed by atoms with Crippen LogP contribution in [0.3, 0.4) is 0 Å². The van der Waals surface area contributed by atoms with Crippen LogP contribution in [0.5, 0.6) is 0 Å². The fraction of sp³-hybridized carbons (Fsp3) is 0.517. The summed E-state index contributed by atoms with van der Waals surface area (Å²) in [7, 11) is -4.39. The zero-order chi connectivity index (χ0) is 28.9. The molecule has 1 unspecified atom stereocenters. The topological polar surface area (TPSA) is 95.6 Å². The molecule has 0 aromatic heterocycles. The first-order chi connectivity index (χ1) is 18.9. The fourth-order valence-corrected chi connectivity index (χ4v) is 7.15. The molecule has 0 bridgehead atoms. The Balaban J connectivity index is 1.55. The van der Waals surface area contributed by atoms with Gasteiger partial charge in [-0.25, -0.2) is 8.42 Å². The van der Waals surface area contributed by atoms with E-state index in [-0.39, 0.29) is 24.8 Å². The van der Waals surface area contributed by atoms with Crippen LogP contribution >= 0.6 is 0 Å². The van der Waals surface area contributed by atoms with Crippen molar-refractivity contribution in [1.82, 2.24) is 14.9 Å². The molecule has 1 saturated carbocycles. The van der Waals surface area contributed by atoms with E-state index in [4.69, 9.17) is 0 Å². The van der Waals surface area contributed by atoms with Crippen molar-refractivity contribution in [3.8, 4) is 0 Å². The Bertz CT molecular complexity index is 1290. The molecule has 2 aliphatic rings. The standard InChI is InChI=1S/C29H36F3N3O4S/c1-20-13-15-21(16-14-20)18-26(33-27(36)22-8-3-2-4-9-22)34-28(37)25-12-5-6-17-35(25)40(38,39)24-11-7-10-23(19-24)29(30,31)32/h7,10-11,13-16,19,22,25-26H,2-6,8-9,12,17-18H2,1H3,(H,33,36)(H,34,37)/t25?,26-/m0/s1. The highest BCUT2D eigenvalue weighted by atomic mass is 32.2. The lowest BCUT2D eigenvalue weighted by Crippen LogP contribution is -2.58. The van der Waals surface area contributed by atoms with Crippen molar-refractivity contribution in [2.24, 2.45) is 5.92 Å². The van der Waals surface area contributed by atoms with Gasteiger partial charge in [0.15, 0.2) is 0 Å². The van der Waals surface area contributed by atoms with Crippen molar-refractivity contribution in [2.75, 3.05) is 6.54 Å². The molecule has 1 aliphatic heterocycles. The molecule has 1 saturated heterocycles. The summed E-state index contributed by atoms with van der Waals surface area (Å²) < 4.78 is 67.8. The van der Waals surface area contributed by atoms with Crippen molar-refractivity contribution >= 4 is 21.8 Å². The predicted molar refractivity (Wildman–Crippen MR) is 145 cm³/mol. The maximum Gasteiger partial charge on any atom is 0.416 e. The van der Waals surface area contributed by atoms with Crippen molar-refractivity contribution in [3.05, 3.63) is 65.2 Å². The number of benzene rings is 2. The molecule has 4 rings (SSSR count). The fourth-order valence-electron chi connectivity index (χ4n) is 5.44. The molecule has 2 fully saturated rings. The van der Waals surface area contributed by atoms with Crippen molar-refractivity contribution < 1.29 is 31.2 Å². The van der Waals surface area contributed by atoms with Crippen LogP contribution in [0.2, 0.25) is 0 Å². The predicted octanol–water partition coefficient (Wildman–Crippen LogP) is 4.94. The largest absolute Gasteiger partial charge is 0.416 e. The molecule has 2 aromatic carbocycles. The Labute approximate surface area is 233 Å². The summed E-state index contributed by atoms with van der Waals surface area (Å²) in [5, 5.41) is 5.82. The Morgan fingerprint density at radius 1 is 0.925 bits per heavy atom. The Morgan fingerprint density at radius 3 is 2.25 bits per heavy atom. The maximum atomic E-state index is 13.6. The number of carbonyl (C=O) groups excluding carboxylic acids is 2. The first kappa shape index (κ1) is 30.0. The highest BCUT2D eigenvalue weighted by molar-refractivity contribution is 7.89. The summed E-state index contributed by atoms with van der Waals surface area (Å²) in [6.07, 6.45) is 0.701. The highest BCUT2D eigenvalue weighted by Gasteiger charge is 2.40. The highest BCUT2D eigenvalue weighted by Crippen LogP contribution is 2.32. The molecule has 40 heavy (non-hydrogen) atoms. The molecular weight excluding hydrogens is 543 g/mol. The molecule has 2 N–H and O–H groups in total. The van der Waals surface area contributed by atoms with Gasteiger partial charge < -0.3 is 10.6 Å². The molecule has 1 aliphatic carbocycles. The van der Waals surface area contributed by atoms with Crippen LogP contribution in [0.4, 0.5) is 13.2 Å². The minimum Gasteiger partial charge on any atom is -0.335 e. The van der Waals surface area contributed by atoms with Gasteiger partial charge in [-0.3, -0.25) is 9.59 Å². The lowest BCUT2D eigenvalue weighted by atomic mass is 9.88. The van der Waals surface area contributed by atoms with Gasteiger partial charge in [-0.1, -0.05) is 61.6 Å². The number of sulfonamides is 1. The van der Waals surface area contributed by atoms with E-state index in [2.05, 4.69) is 10.6 Å². The maximum absolute atomic E-state index is 13.6. The first-order valence-electron chi connectivity index (χ1n) is 13.8. The molecular formula is C29H36F3N3O4S. The van der Waals surface area contributed by atoms with Gasteiger partial charge in [0.25, 0.3) is 0 Å². The van der Waals surface area contributed by atoms with Crippen LogP contribution in [-0.4, -0.2) is 43.3 Å². The first-order valence-corrected chi connectivity index (χ1v) is 15.2. The molecule has 0 spiro atoms.